The van der Waals surface area contributed by atoms with Crippen molar-refractivity contribution < 1.29 is 22.4 Å². The van der Waals surface area contributed by atoms with E-state index in [1.165, 1.54) is 24.3 Å². The molecule has 108 valence electrons. The lowest BCUT2D eigenvalue weighted by atomic mass is 10.0. The summed E-state index contributed by atoms with van der Waals surface area (Å²) in [5.74, 6) is -2.39. The highest BCUT2D eigenvalue weighted by atomic mass is 19.4. The van der Waals surface area contributed by atoms with Gasteiger partial charge in [-0.25, -0.2) is 4.39 Å². The lowest BCUT2D eigenvalue weighted by molar-refractivity contribution is -0.167. The van der Waals surface area contributed by atoms with Crippen LogP contribution in [-0.4, -0.2) is 12.1 Å². The number of hydrogen-bond donors (Lipinski definition) is 1. The minimum absolute atomic E-state index is 0.0456. The third kappa shape index (κ3) is 2.37. The molecule has 1 amide bonds. The highest BCUT2D eigenvalue weighted by Crippen LogP contribution is 2.39. The fourth-order valence-electron chi connectivity index (χ4n) is 2.49. The van der Waals surface area contributed by atoms with Gasteiger partial charge in [-0.1, -0.05) is 18.2 Å². The number of carbonyl (C=O) groups is 1. The molecule has 0 heterocycles. The maximum atomic E-state index is 13.8. The smallest absolute Gasteiger partial charge is 0.318 e. The van der Waals surface area contributed by atoms with E-state index >= 15 is 0 Å². The minimum Gasteiger partial charge on any atom is -0.318 e. The van der Waals surface area contributed by atoms with Crippen molar-refractivity contribution in [2.24, 2.45) is 0 Å². The molecule has 2 aromatic rings. The van der Waals surface area contributed by atoms with Crippen molar-refractivity contribution in [2.75, 3.05) is 5.32 Å². The first kappa shape index (κ1) is 13.6. The molecule has 2 nitrogen and oxygen atoms in total. The molecule has 0 saturated carbocycles. The van der Waals surface area contributed by atoms with Crippen molar-refractivity contribution in [3.63, 3.8) is 0 Å². The number of nitrogens with one attached hydrogen (secondary N) is 1. The van der Waals surface area contributed by atoms with E-state index in [0.717, 1.165) is 5.56 Å². The second kappa shape index (κ2) is 4.58. The molecule has 1 N–H and O–H groups in total. The zero-order valence-electron chi connectivity index (χ0n) is 10.6. The van der Waals surface area contributed by atoms with Crippen LogP contribution in [0.15, 0.2) is 36.4 Å². The summed E-state index contributed by atoms with van der Waals surface area (Å²) in [6.45, 7) is 0. The largest absolute Gasteiger partial charge is 0.471 e. The third-order valence-electron chi connectivity index (χ3n) is 3.37. The fraction of sp³-hybridized carbons (Fsp3) is 0.133. The predicted octanol–water partition coefficient (Wildman–Crippen LogP) is 3.90. The highest BCUT2D eigenvalue weighted by Gasteiger charge is 2.38. The minimum atomic E-state index is -4.94. The van der Waals surface area contributed by atoms with Crippen LogP contribution in [0.2, 0.25) is 0 Å². The van der Waals surface area contributed by atoms with Crippen molar-refractivity contribution >= 4 is 11.6 Å². The molecule has 0 bridgehead atoms. The summed E-state index contributed by atoms with van der Waals surface area (Å²) in [6.07, 6.45) is -4.51. The van der Waals surface area contributed by atoms with Crippen LogP contribution in [0.25, 0.3) is 11.1 Å². The van der Waals surface area contributed by atoms with Crippen LogP contribution in [0.3, 0.4) is 0 Å². The van der Waals surface area contributed by atoms with Crippen LogP contribution >= 0.6 is 0 Å². The standard InChI is InChI=1S/C15H9F4NO/c16-12-3-1-2-8-6-9-7-10(4-5-11(9)13(8)12)20-14(21)15(17,18)19/h1-5,7H,6H2,(H,20,21). The normalized spacial score (nSPS) is 12.8. The van der Waals surface area contributed by atoms with Crippen molar-refractivity contribution in [3.05, 3.63) is 53.3 Å². The van der Waals surface area contributed by atoms with Gasteiger partial charge in [0.05, 0.1) is 0 Å². The zero-order valence-corrected chi connectivity index (χ0v) is 10.6. The molecule has 2 aromatic carbocycles. The van der Waals surface area contributed by atoms with Crippen LogP contribution in [0, 0.1) is 5.82 Å². The van der Waals surface area contributed by atoms with Crippen LogP contribution in [0.1, 0.15) is 11.1 Å². The van der Waals surface area contributed by atoms with Crippen LogP contribution < -0.4 is 5.32 Å². The van der Waals surface area contributed by atoms with Gasteiger partial charge in [-0.15, -0.1) is 0 Å². The Morgan fingerprint density at radius 3 is 2.57 bits per heavy atom. The van der Waals surface area contributed by atoms with E-state index in [0.29, 0.717) is 23.1 Å². The van der Waals surface area contributed by atoms with Crippen molar-refractivity contribution in [1.29, 1.82) is 0 Å². The van der Waals surface area contributed by atoms with Gasteiger partial charge < -0.3 is 5.32 Å². The highest BCUT2D eigenvalue weighted by molar-refractivity contribution is 5.95. The number of halogens is 4. The fourth-order valence-corrected chi connectivity index (χ4v) is 2.49. The average molecular weight is 295 g/mol. The van der Waals surface area contributed by atoms with Crippen LogP contribution in [0.4, 0.5) is 23.2 Å². The summed E-state index contributed by atoms with van der Waals surface area (Å²) in [5.41, 5.74) is 2.64. The molecule has 0 aromatic heterocycles. The van der Waals surface area contributed by atoms with Gasteiger partial charge in [-0.05, 0) is 41.3 Å². The van der Waals surface area contributed by atoms with Gasteiger partial charge in [0.25, 0.3) is 0 Å². The zero-order chi connectivity index (χ0) is 15.2. The first-order chi connectivity index (χ1) is 9.86. The number of carbonyl (C=O) groups excluding carboxylic acids is 1. The summed E-state index contributed by atoms with van der Waals surface area (Å²) in [6, 6.07) is 9.00. The van der Waals surface area contributed by atoms with Crippen molar-refractivity contribution in [2.45, 2.75) is 12.6 Å². The number of amides is 1. The summed E-state index contributed by atoms with van der Waals surface area (Å²) in [5, 5.41) is 1.80. The van der Waals surface area contributed by atoms with Crippen molar-refractivity contribution in [1.82, 2.24) is 0 Å². The van der Waals surface area contributed by atoms with Gasteiger partial charge >= 0.3 is 12.1 Å². The Hall–Kier alpha value is -2.37. The molecule has 0 atom stereocenters. The third-order valence-corrected chi connectivity index (χ3v) is 3.37. The molecule has 0 unspecified atom stereocenters. The average Bonchev–Trinajstić information content (AvgIpc) is 2.76. The van der Waals surface area contributed by atoms with E-state index in [2.05, 4.69) is 0 Å². The molecule has 6 heteroatoms. The molecule has 3 rings (SSSR count). The Labute approximate surface area is 117 Å². The molecule has 21 heavy (non-hydrogen) atoms. The van der Waals surface area contributed by atoms with Crippen molar-refractivity contribution in [3.8, 4) is 11.1 Å². The number of benzene rings is 2. The Kier molecular flexibility index (Phi) is 2.97. The topological polar surface area (TPSA) is 29.1 Å². The Morgan fingerprint density at radius 2 is 1.86 bits per heavy atom. The van der Waals surface area contributed by atoms with E-state index in [1.807, 2.05) is 0 Å². The first-order valence-corrected chi connectivity index (χ1v) is 6.15. The second-order valence-corrected chi connectivity index (χ2v) is 4.77. The first-order valence-electron chi connectivity index (χ1n) is 6.15. The number of anilines is 1. The summed E-state index contributed by atoms with van der Waals surface area (Å²) < 4.78 is 50.5. The lowest BCUT2D eigenvalue weighted by Gasteiger charge is -2.09. The van der Waals surface area contributed by atoms with Gasteiger partial charge in [-0.3, -0.25) is 4.79 Å². The van der Waals surface area contributed by atoms with Gasteiger partial charge in [0.2, 0.25) is 0 Å². The van der Waals surface area contributed by atoms with E-state index in [4.69, 9.17) is 0 Å². The second-order valence-electron chi connectivity index (χ2n) is 4.77. The van der Waals surface area contributed by atoms with E-state index < -0.39 is 12.1 Å². The van der Waals surface area contributed by atoms with E-state index in [9.17, 15) is 22.4 Å². The molecular formula is C15H9F4NO. The maximum Gasteiger partial charge on any atom is 0.471 e. The maximum absolute atomic E-state index is 13.8. The molecular weight excluding hydrogens is 286 g/mol. The number of hydrogen-bond acceptors (Lipinski definition) is 1. The van der Waals surface area contributed by atoms with Gasteiger partial charge in [0.1, 0.15) is 5.82 Å². The lowest BCUT2D eigenvalue weighted by Crippen LogP contribution is -2.29. The van der Waals surface area contributed by atoms with Crippen LogP contribution in [-0.2, 0) is 11.2 Å². The SMILES string of the molecule is O=C(Nc1ccc2c(c1)Cc1cccc(F)c1-2)C(F)(F)F. The quantitative estimate of drug-likeness (QED) is 0.678. The molecule has 0 spiro atoms. The molecule has 0 fully saturated rings. The summed E-state index contributed by atoms with van der Waals surface area (Å²) >= 11 is 0. The predicted molar refractivity (Wildman–Crippen MR) is 69.3 cm³/mol. The van der Waals surface area contributed by atoms with Crippen LogP contribution in [0.5, 0.6) is 0 Å². The van der Waals surface area contributed by atoms with Gasteiger partial charge in [0, 0.05) is 11.3 Å². The van der Waals surface area contributed by atoms with Gasteiger partial charge in [-0.2, -0.15) is 13.2 Å². The molecule has 1 aliphatic rings. The van der Waals surface area contributed by atoms with E-state index in [1.54, 1.807) is 17.4 Å². The van der Waals surface area contributed by atoms with Gasteiger partial charge in [0.15, 0.2) is 0 Å². The number of rotatable bonds is 1. The van der Waals surface area contributed by atoms with E-state index in [-0.39, 0.29) is 11.5 Å². The Morgan fingerprint density at radius 1 is 1.10 bits per heavy atom. The summed E-state index contributed by atoms with van der Waals surface area (Å²) in [7, 11) is 0. The monoisotopic (exact) mass is 295 g/mol. The summed E-state index contributed by atoms with van der Waals surface area (Å²) in [4.78, 5) is 10.9. The molecule has 0 saturated heterocycles. The number of alkyl halides is 3. The number of fused-ring (bicyclic) bond motifs is 3. The molecule has 1 aliphatic carbocycles. The molecule has 0 radical (unpaired) electrons. The molecule has 0 aliphatic heterocycles. The Balaban J connectivity index is 1.94. The Bertz CT molecular complexity index is 737.